The number of halogens is 1. The lowest BCUT2D eigenvalue weighted by Gasteiger charge is -2.14. The molecule has 0 fully saturated rings. The number of hydrogen-bond acceptors (Lipinski definition) is 6. The van der Waals surface area contributed by atoms with E-state index in [4.69, 9.17) is 18.9 Å². The van der Waals surface area contributed by atoms with E-state index in [0.29, 0.717) is 51.8 Å². The molecule has 7 nitrogen and oxygen atoms in total. The number of nitrogens with one attached hydrogen (secondary N) is 1. The summed E-state index contributed by atoms with van der Waals surface area (Å²) in [7, 11) is 3.10. The van der Waals surface area contributed by atoms with Gasteiger partial charge in [0.25, 0.3) is 5.91 Å². The predicted octanol–water partition coefficient (Wildman–Crippen LogP) is 6.70. The van der Waals surface area contributed by atoms with Crippen LogP contribution in [0.3, 0.4) is 0 Å². The summed E-state index contributed by atoms with van der Waals surface area (Å²) in [4.78, 5) is 12.7. The number of benzene rings is 4. The van der Waals surface area contributed by atoms with Gasteiger partial charge in [0, 0.05) is 5.56 Å². The predicted molar refractivity (Wildman–Crippen MR) is 155 cm³/mol. The molecule has 0 aliphatic heterocycles. The monoisotopic (exact) mass is 588 g/mol. The Balaban J connectivity index is 1.38. The van der Waals surface area contributed by atoms with Crippen LogP contribution in [0.25, 0.3) is 0 Å². The van der Waals surface area contributed by atoms with Crippen LogP contribution in [0.5, 0.6) is 23.0 Å². The Morgan fingerprint density at radius 2 is 1.51 bits per heavy atom. The minimum absolute atomic E-state index is 0.384. The Hall–Kier alpha value is -4.30. The molecular formula is C31H29BrN2O5. The summed E-state index contributed by atoms with van der Waals surface area (Å²) < 4.78 is 23.5. The molecule has 1 N–H and O–H groups in total. The zero-order chi connectivity index (χ0) is 27.6. The van der Waals surface area contributed by atoms with E-state index in [1.165, 1.54) is 18.9 Å². The third-order valence-corrected chi connectivity index (χ3v) is 6.39. The second-order valence-electron chi connectivity index (χ2n) is 8.65. The van der Waals surface area contributed by atoms with Gasteiger partial charge in [-0.25, -0.2) is 5.43 Å². The average Bonchev–Trinajstić information content (AvgIpc) is 2.96. The summed E-state index contributed by atoms with van der Waals surface area (Å²) in [6.45, 7) is 2.84. The molecule has 200 valence electrons. The van der Waals surface area contributed by atoms with Gasteiger partial charge in [-0.3, -0.25) is 4.79 Å². The normalized spacial score (nSPS) is 10.8. The van der Waals surface area contributed by atoms with Gasteiger partial charge in [-0.2, -0.15) is 5.10 Å². The van der Waals surface area contributed by atoms with Crippen molar-refractivity contribution in [2.45, 2.75) is 20.1 Å². The summed E-state index contributed by atoms with van der Waals surface area (Å²) >= 11 is 3.55. The fourth-order valence-corrected chi connectivity index (χ4v) is 4.26. The van der Waals surface area contributed by atoms with Crippen molar-refractivity contribution in [1.29, 1.82) is 0 Å². The molecule has 0 atom stereocenters. The van der Waals surface area contributed by atoms with Crippen LogP contribution in [0, 0.1) is 6.92 Å². The maximum absolute atomic E-state index is 12.7. The fourth-order valence-electron chi connectivity index (χ4n) is 3.69. The van der Waals surface area contributed by atoms with Crippen LogP contribution in [-0.4, -0.2) is 26.3 Å². The van der Waals surface area contributed by atoms with Crippen LogP contribution in [-0.2, 0) is 13.2 Å². The lowest BCUT2D eigenvalue weighted by molar-refractivity contribution is 0.0954. The number of hydrazone groups is 1. The van der Waals surface area contributed by atoms with E-state index in [1.54, 1.807) is 31.4 Å². The van der Waals surface area contributed by atoms with Gasteiger partial charge in [0.1, 0.15) is 13.2 Å². The van der Waals surface area contributed by atoms with E-state index < -0.39 is 0 Å². The van der Waals surface area contributed by atoms with Crippen LogP contribution in [0.4, 0.5) is 0 Å². The van der Waals surface area contributed by atoms with E-state index in [-0.39, 0.29) is 5.91 Å². The van der Waals surface area contributed by atoms with Crippen molar-refractivity contribution in [3.63, 3.8) is 0 Å². The second-order valence-corrected chi connectivity index (χ2v) is 9.50. The summed E-state index contributed by atoms with van der Waals surface area (Å²) in [5.74, 6) is 1.74. The molecule has 1 amide bonds. The van der Waals surface area contributed by atoms with Crippen molar-refractivity contribution in [3.05, 3.63) is 117 Å². The number of nitrogens with zero attached hydrogens (tertiary/aromatic N) is 1. The SMILES string of the molecule is COc1cc(C(=O)N/N=C/c2cc(Br)c(OCc3ccc(C)cc3)c(OC)c2)ccc1OCc1ccccc1. The highest BCUT2D eigenvalue weighted by Gasteiger charge is 2.13. The Labute approximate surface area is 236 Å². The molecule has 0 bridgehead atoms. The van der Waals surface area contributed by atoms with Gasteiger partial charge >= 0.3 is 0 Å². The first-order chi connectivity index (χ1) is 19.0. The van der Waals surface area contributed by atoms with Crippen LogP contribution in [0.2, 0.25) is 0 Å². The number of hydrogen-bond donors (Lipinski definition) is 1. The average molecular weight is 589 g/mol. The highest BCUT2D eigenvalue weighted by Crippen LogP contribution is 2.37. The first-order valence-electron chi connectivity index (χ1n) is 12.2. The molecular weight excluding hydrogens is 560 g/mol. The van der Waals surface area contributed by atoms with Crippen LogP contribution in [0.1, 0.15) is 32.6 Å². The van der Waals surface area contributed by atoms with Gasteiger partial charge in [0.05, 0.1) is 24.9 Å². The molecule has 0 saturated heterocycles. The highest BCUT2D eigenvalue weighted by molar-refractivity contribution is 9.10. The lowest BCUT2D eigenvalue weighted by atomic mass is 10.1. The van der Waals surface area contributed by atoms with E-state index in [9.17, 15) is 4.79 Å². The number of rotatable bonds is 11. The third kappa shape index (κ3) is 7.61. The minimum Gasteiger partial charge on any atom is -0.493 e. The summed E-state index contributed by atoms with van der Waals surface area (Å²) in [5, 5.41) is 4.11. The first kappa shape index (κ1) is 27.7. The van der Waals surface area contributed by atoms with Crippen molar-refractivity contribution in [3.8, 4) is 23.0 Å². The van der Waals surface area contributed by atoms with Crippen LogP contribution < -0.4 is 24.4 Å². The van der Waals surface area contributed by atoms with E-state index in [0.717, 1.165) is 11.1 Å². The van der Waals surface area contributed by atoms with Crippen LogP contribution >= 0.6 is 15.9 Å². The maximum atomic E-state index is 12.7. The van der Waals surface area contributed by atoms with Crippen molar-refractivity contribution >= 4 is 28.1 Å². The zero-order valence-corrected chi connectivity index (χ0v) is 23.5. The number of amides is 1. The highest BCUT2D eigenvalue weighted by atomic mass is 79.9. The Morgan fingerprint density at radius 3 is 2.23 bits per heavy atom. The fraction of sp³-hybridized carbons (Fsp3) is 0.161. The Morgan fingerprint density at radius 1 is 0.821 bits per heavy atom. The summed E-state index contributed by atoms with van der Waals surface area (Å²) in [6.07, 6.45) is 1.53. The van der Waals surface area contributed by atoms with Gasteiger partial charge in [0.2, 0.25) is 0 Å². The minimum atomic E-state index is -0.386. The van der Waals surface area contributed by atoms with E-state index in [1.807, 2.05) is 67.6 Å². The molecule has 0 aromatic heterocycles. The van der Waals surface area contributed by atoms with Crippen LogP contribution in [0.15, 0.2) is 94.5 Å². The largest absolute Gasteiger partial charge is 0.493 e. The molecule has 0 unspecified atom stereocenters. The quantitative estimate of drug-likeness (QED) is 0.156. The van der Waals surface area contributed by atoms with Gasteiger partial charge in [-0.1, -0.05) is 60.2 Å². The van der Waals surface area contributed by atoms with Crippen molar-refractivity contribution < 1.29 is 23.7 Å². The van der Waals surface area contributed by atoms with Gasteiger partial charge < -0.3 is 18.9 Å². The van der Waals surface area contributed by atoms with E-state index >= 15 is 0 Å². The zero-order valence-electron chi connectivity index (χ0n) is 21.9. The Bertz CT molecular complexity index is 1440. The third-order valence-electron chi connectivity index (χ3n) is 5.80. The molecule has 8 heteroatoms. The van der Waals surface area contributed by atoms with Crippen molar-refractivity contribution in [1.82, 2.24) is 5.43 Å². The number of carbonyl (C=O) groups is 1. The number of carbonyl (C=O) groups excluding carboxylic acids is 1. The molecule has 4 aromatic rings. The number of methoxy groups -OCH3 is 2. The first-order valence-corrected chi connectivity index (χ1v) is 13.0. The van der Waals surface area contributed by atoms with Gasteiger partial charge in [-0.05, 0) is 69.9 Å². The number of ether oxygens (including phenoxy) is 4. The molecule has 0 spiro atoms. The molecule has 4 aromatic carbocycles. The lowest BCUT2D eigenvalue weighted by Crippen LogP contribution is -2.17. The van der Waals surface area contributed by atoms with E-state index in [2.05, 4.69) is 26.5 Å². The molecule has 39 heavy (non-hydrogen) atoms. The molecule has 4 rings (SSSR count). The van der Waals surface area contributed by atoms with Crippen molar-refractivity contribution in [2.75, 3.05) is 14.2 Å². The second kappa shape index (κ2) is 13.5. The van der Waals surface area contributed by atoms with Crippen molar-refractivity contribution in [2.24, 2.45) is 5.10 Å². The standard InChI is InChI=1S/C31H29BrN2O5/c1-21-9-11-23(12-10-21)20-39-30-26(32)15-24(16-29(30)37-3)18-33-34-31(35)25-13-14-27(28(17-25)36-2)38-19-22-7-5-4-6-8-22/h4-18H,19-20H2,1-3H3,(H,34,35)/b33-18+. The summed E-state index contributed by atoms with van der Waals surface area (Å²) in [6, 6.07) is 26.6. The molecule has 0 radical (unpaired) electrons. The summed E-state index contributed by atoms with van der Waals surface area (Å²) in [5.41, 5.74) is 6.92. The molecule has 0 heterocycles. The molecule has 0 saturated carbocycles. The molecule has 0 aliphatic rings. The number of aryl methyl sites for hydroxylation is 1. The van der Waals surface area contributed by atoms with Gasteiger partial charge in [0.15, 0.2) is 23.0 Å². The Kier molecular flexibility index (Phi) is 9.58. The smallest absolute Gasteiger partial charge is 0.271 e. The molecule has 0 aliphatic carbocycles. The topological polar surface area (TPSA) is 78.4 Å². The van der Waals surface area contributed by atoms with Gasteiger partial charge in [-0.15, -0.1) is 0 Å². The maximum Gasteiger partial charge on any atom is 0.271 e.